The minimum Gasteiger partial charge on any atom is -0.344 e. The number of halogens is 1. The third kappa shape index (κ3) is 5.06. The maximum absolute atomic E-state index is 12.0. The molecule has 0 aliphatic heterocycles. The summed E-state index contributed by atoms with van der Waals surface area (Å²) in [4.78, 5) is 35.8. The molecule has 0 aromatic heterocycles. The fourth-order valence-corrected chi connectivity index (χ4v) is 2.75. The molecule has 0 unspecified atom stereocenters. The molecule has 1 aliphatic rings. The Morgan fingerprint density at radius 2 is 1.70 bits per heavy atom. The fraction of sp³-hybridized carbons (Fsp3) is 0.438. The first-order valence-electron chi connectivity index (χ1n) is 7.63. The quantitative estimate of drug-likeness (QED) is 0.696. The van der Waals surface area contributed by atoms with Crippen LogP contribution in [0.2, 0.25) is 0 Å². The van der Waals surface area contributed by atoms with E-state index in [0.29, 0.717) is 5.56 Å². The topological polar surface area (TPSA) is 87.3 Å². The van der Waals surface area contributed by atoms with Crippen molar-refractivity contribution < 1.29 is 14.4 Å². The Bertz CT molecular complexity index is 583. The zero-order valence-corrected chi connectivity index (χ0v) is 14.5. The van der Waals surface area contributed by atoms with Crippen molar-refractivity contribution in [3.05, 3.63) is 34.3 Å². The average molecular weight is 382 g/mol. The summed E-state index contributed by atoms with van der Waals surface area (Å²) in [6.07, 6.45) is 3.87. The normalized spacial score (nSPS) is 15.7. The van der Waals surface area contributed by atoms with E-state index < -0.39 is 17.9 Å². The summed E-state index contributed by atoms with van der Waals surface area (Å²) in [5, 5.41) is 2.68. The maximum atomic E-state index is 12.0. The molecule has 23 heavy (non-hydrogen) atoms. The van der Waals surface area contributed by atoms with Crippen LogP contribution in [0.25, 0.3) is 0 Å². The van der Waals surface area contributed by atoms with Crippen LogP contribution < -0.4 is 16.2 Å². The molecule has 3 amide bonds. The van der Waals surface area contributed by atoms with Crippen molar-refractivity contribution in [1.82, 2.24) is 16.2 Å². The van der Waals surface area contributed by atoms with E-state index in [1.807, 2.05) is 0 Å². The first-order valence-corrected chi connectivity index (χ1v) is 8.43. The predicted octanol–water partition coefficient (Wildman–Crippen LogP) is 1.91. The summed E-state index contributed by atoms with van der Waals surface area (Å²) in [7, 11) is 0. The van der Waals surface area contributed by atoms with E-state index in [4.69, 9.17) is 0 Å². The van der Waals surface area contributed by atoms with Crippen molar-refractivity contribution in [3.8, 4) is 0 Å². The number of rotatable bonds is 4. The molecule has 1 fully saturated rings. The third-order valence-electron chi connectivity index (χ3n) is 3.88. The van der Waals surface area contributed by atoms with Gasteiger partial charge in [-0.05, 0) is 44.0 Å². The van der Waals surface area contributed by atoms with Crippen LogP contribution in [-0.4, -0.2) is 23.8 Å². The summed E-state index contributed by atoms with van der Waals surface area (Å²) < 4.78 is 0.862. The van der Waals surface area contributed by atoms with E-state index in [1.54, 1.807) is 31.2 Å². The van der Waals surface area contributed by atoms with Crippen molar-refractivity contribution in [2.45, 2.75) is 38.6 Å². The zero-order valence-electron chi connectivity index (χ0n) is 12.9. The number of carbonyl (C=O) groups excluding carboxylic acids is 3. The Morgan fingerprint density at radius 3 is 2.30 bits per heavy atom. The Morgan fingerprint density at radius 1 is 1.09 bits per heavy atom. The molecule has 124 valence electrons. The summed E-state index contributed by atoms with van der Waals surface area (Å²) in [5.74, 6) is -0.964. The molecule has 0 heterocycles. The van der Waals surface area contributed by atoms with E-state index in [2.05, 4.69) is 32.1 Å². The number of nitrogens with one attached hydrogen (secondary N) is 3. The van der Waals surface area contributed by atoms with Gasteiger partial charge in [-0.15, -0.1) is 0 Å². The predicted molar refractivity (Wildman–Crippen MR) is 89.3 cm³/mol. The lowest BCUT2D eigenvalue weighted by atomic mass is 10.1. The van der Waals surface area contributed by atoms with Gasteiger partial charge in [0.05, 0.1) is 0 Å². The Hall–Kier alpha value is -1.89. The standard InChI is InChI=1S/C16H20BrN3O3/c1-10(18-15(22)11-4-2-3-5-11)14(21)19-20-16(23)12-6-8-13(17)9-7-12/h6-11H,2-5H2,1H3,(H,18,22)(H,19,21)(H,20,23)/t10-/m0/s1. The van der Waals surface area contributed by atoms with Gasteiger partial charge >= 0.3 is 0 Å². The first kappa shape index (κ1) is 17.5. The van der Waals surface area contributed by atoms with Crippen molar-refractivity contribution >= 4 is 33.7 Å². The molecule has 3 N–H and O–H groups in total. The SMILES string of the molecule is C[C@H](NC(=O)C1CCCC1)C(=O)NNC(=O)c1ccc(Br)cc1. The highest BCUT2D eigenvalue weighted by Gasteiger charge is 2.25. The van der Waals surface area contributed by atoms with Gasteiger partial charge < -0.3 is 5.32 Å². The molecule has 2 rings (SSSR count). The van der Waals surface area contributed by atoms with Gasteiger partial charge in [0.25, 0.3) is 11.8 Å². The second-order valence-electron chi connectivity index (χ2n) is 5.66. The molecule has 7 heteroatoms. The molecular formula is C16H20BrN3O3. The zero-order chi connectivity index (χ0) is 16.8. The van der Waals surface area contributed by atoms with E-state index in [-0.39, 0.29) is 11.8 Å². The minimum atomic E-state index is -0.701. The summed E-state index contributed by atoms with van der Waals surface area (Å²) in [6, 6.07) is 6.05. The van der Waals surface area contributed by atoms with Gasteiger partial charge in [-0.3, -0.25) is 25.2 Å². The van der Waals surface area contributed by atoms with Crippen LogP contribution in [0, 0.1) is 5.92 Å². The van der Waals surface area contributed by atoms with Crippen molar-refractivity contribution in [2.24, 2.45) is 5.92 Å². The smallest absolute Gasteiger partial charge is 0.269 e. The highest BCUT2D eigenvalue weighted by atomic mass is 79.9. The van der Waals surface area contributed by atoms with Crippen LogP contribution in [-0.2, 0) is 9.59 Å². The van der Waals surface area contributed by atoms with Crippen molar-refractivity contribution in [2.75, 3.05) is 0 Å². The number of hydrogen-bond acceptors (Lipinski definition) is 3. The largest absolute Gasteiger partial charge is 0.344 e. The van der Waals surface area contributed by atoms with Crippen LogP contribution in [0.4, 0.5) is 0 Å². The molecule has 6 nitrogen and oxygen atoms in total. The molecule has 1 aliphatic carbocycles. The Balaban J connectivity index is 1.78. The molecule has 0 bridgehead atoms. The lowest BCUT2D eigenvalue weighted by Crippen LogP contribution is -2.51. The van der Waals surface area contributed by atoms with E-state index in [0.717, 1.165) is 30.2 Å². The van der Waals surface area contributed by atoms with E-state index in [1.165, 1.54) is 0 Å². The number of amides is 3. The molecule has 1 aromatic carbocycles. The van der Waals surface area contributed by atoms with Gasteiger partial charge in [0.2, 0.25) is 5.91 Å². The molecule has 0 saturated heterocycles. The molecule has 1 saturated carbocycles. The Kier molecular flexibility index (Phi) is 6.15. The molecule has 0 spiro atoms. The third-order valence-corrected chi connectivity index (χ3v) is 4.41. The van der Waals surface area contributed by atoms with Gasteiger partial charge in [0, 0.05) is 16.0 Å². The number of hydrazine groups is 1. The second kappa shape index (κ2) is 8.10. The number of carbonyl (C=O) groups is 3. The Labute approximate surface area is 143 Å². The highest BCUT2D eigenvalue weighted by molar-refractivity contribution is 9.10. The van der Waals surface area contributed by atoms with Crippen LogP contribution in [0.5, 0.6) is 0 Å². The van der Waals surface area contributed by atoms with Crippen LogP contribution in [0.3, 0.4) is 0 Å². The molecule has 1 aromatic rings. The van der Waals surface area contributed by atoms with Crippen LogP contribution in [0.15, 0.2) is 28.7 Å². The summed E-state index contributed by atoms with van der Waals surface area (Å²) >= 11 is 3.28. The maximum Gasteiger partial charge on any atom is 0.269 e. The van der Waals surface area contributed by atoms with Gasteiger partial charge in [0.1, 0.15) is 6.04 Å². The molecule has 1 atom stereocenters. The van der Waals surface area contributed by atoms with Crippen molar-refractivity contribution in [3.63, 3.8) is 0 Å². The van der Waals surface area contributed by atoms with Crippen LogP contribution in [0.1, 0.15) is 43.0 Å². The highest BCUT2D eigenvalue weighted by Crippen LogP contribution is 2.24. The number of benzene rings is 1. The number of hydrogen-bond donors (Lipinski definition) is 3. The van der Waals surface area contributed by atoms with Crippen LogP contribution >= 0.6 is 15.9 Å². The van der Waals surface area contributed by atoms with Gasteiger partial charge in [-0.1, -0.05) is 28.8 Å². The lowest BCUT2D eigenvalue weighted by molar-refractivity contribution is -0.131. The van der Waals surface area contributed by atoms with Gasteiger partial charge in [-0.25, -0.2) is 0 Å². The van der Waals surface area contributed by atoms with Gasteiger partial charge in [-0.2, -0.15) is 0 Å². The lowest BCUT2D eigenvalue weighted by Gasteiger charge is -2.17. The van der Waals surface area contributed by atoms with E-state index >= 15 is 0 Å². The molecule has 0 radical (unpaired) electrons. The molecular weight excluding hydrogens is 362 g/mol. The first-order chi connectivity index (χ1) is 11.0. The summed E-state index contributed by atoms with van der Waals surface area (Å²) in [5.41, 5.74) is 5.09. The van der Waals surface area contributed by atoms with Crippen molar-refractivity contribution in [1.29, 1.82) is 0 Å². The fourth-order valence-electron chi connectivity index (χ4n) is 2.48. The average Bonchev–Trinajstić information content (AvgIpc) is 3.07. The minimum absolute atomic E-state index is 0.00241. The van der Waals surface area contributed by atoms with Gasteiger partial charge in [0.15, 0.2) is 0 Å². The second-order valence-corrected chi connectivity index (χ2v) is 6.58. The summed E-state index contributed by atoms with van der Waals surface area (Å²) in [6.45, 7) is 1.59. The monoisotopic (exact) mass is 381 g/mol. The van der Waals surface area contributed by atoms with E-state index in [9.17, 15) is 14.4 Å².